The van der Waals surface area contributed by atoms with E-state index in [4.69, 9.17) is 4.18 Å². The zero-order chi connectivity index (χ0) is 21.6. The second kappa shape index (κ2) is 7.11. The van der Waals surface area contributed by atoms with E-state index in [2.05, 4.69) is 9.97 Å². The minimum atomic E-state index is -4.16. The van der Waals surface area contributed by atoms with Crippen molar-refractivity contribution in [3.8, 4) is 11.5 Å². The molecule has 0 saturated heterocycles. The molecule has 2 heterocycles. The van der Waals surface area contributed by atoms with Crippen LogP contribution in [0.4, 0.5) is 4.39 Å². The first-order chi connectivity index (χ1) is 14.2. The molecule has 0 aliphatic heterocycles. The van der Waals surface area contributed by atoms with E-state index in [0.717, 1.165) is 4.31 Å². The third-order valence-corrected chi connectivity index (χ3v) is 5.88. The molecule has 0 aliphatic carbocycles. The lowest BCUT2D eigenvalue weighted by Crippen LogP contribution is -2.27. The number of aromatic nitrogens is 3. The molecule has 11 heteroatoms. The fourth-order valence-electron chi connectivity index (χ4n) is 3.08. The minimum Gasteiger partial charge on any atom is -0.505 e. The summed E-state index contributed by atoms with van der Waals surface area (Å²) in [5, 5.41) is 10.7. The summed E-state index contributed by atoms with van der Waals surface area (Å²) < 4.78 is 45.4. The Bertz CT molecular complexity index is 1430. The van der Waals surface area contributed by atoms with Crippen molar-refractivity contribution in [3.05, 3.63) is 64.6 Å². The summed E-state index contributed by atoms with van der Waals surface area (Å²) in [6.45, 7) is 0.0839. The van der Waals surface area contributed by atoms with Crippen LogP contribution in [0, 0.1) is 5.82 Å². The summed E-state index contributed by atoms with van der Waals surface area (Å²) in [6.07, 6.45) is 4.19. The van der Waals surface area contributed by atoms with Gasteiger partial charge in [-0.2, -0.15) is 12.7 Å². The van der Waals surface area contributed by atoms with E-state index in [1.807, 2.05) is 0 Å². The second-order valence-corrected chi connectivity index (χ2v) is 8.54. The molecule has 0 radical (unpaired) electrons. The summed E-state index contributed by atoms with van der Waals surface area (Å²) in [4.78, 5) is 19.9. The zero-order valence-electron chi connectivity index (χ0n) is 16.0. The van der Waals surface area contributed by atoms with Gasteiger partial charge in [0.2, 0.25) is 0 Å². The molecule has 0 fully saturated rings. The third-order valence-electron chi connectivity index (χ3n) is 4.61. The van der Waals surface area contributed by atoms with Crippen molar-refractivity contribution in [3.63, 3.8) is 0 Å². The molecule has 30 heavy (non-hydrogen) atoms. The number of fused-ring (bicyclic) bond motifs is 2. The highest BCUT2D eigenvalue weighted by Gasteiger charge is 2.26. The molecule has 0 bridgehead atoms. The maximum Gasteiger partial charge on any atom is 0.384 e. The Morgan fingerprint density at radius 3 is 2.63 bits per heavy atom. The predicted molar refractivity (Wildman–Crippen MR) is 108 cm³/mol. The lowest BCUT2D eigenvalue weighted by atomic mass is 10.1. The van der Waals surface area contributed by atoms with Crippen molar-refractivity contribution in [2.45, 2.75) is 6.54 Å². The Labute approximate surface area is 170 Å². The Balaban J connectivity index is 1.99. The number of hydrogen-bond donors (Lipinski definition) is 2. The van der Waals surface area contributed by atoms with E-state index in [1.54, 1.807) is 0 Å². The Hall–Kier alpha value is -3.44. The second-order valence-electron chi connectivity index (χ2n) is 6.79. The first-order valence-electron chi connectivity index (χ1n) is 8.76. The Morgan fingerprint density at radius 1 is 1.27 bits per heavy atom. The quantitative estimate of drug-likeness (QED) is 0.498. The largest absolute Gasteiger partial charge is 0.505 e. The van der Waals surface area contributed by atoms with Crippen LogP contribution in [0.1, 0.15) is 5.56 Å². The highest BCUT2D eigenvalue weighted by Crippen LogP contribution is 2.39. The maximum atomic E-state index is 13.2. The SMILES string of the molecule is CN(C)S(=O)(=O)Oc1c2cn(Cc3ccc(F)cc3)c(=O)c2c(O)c2ncc[nH]c12. The van der Waals surface area contributed by atoms with E-state index < -0.39 is 27.4 Å². The molecule has 156 valence electrons. The molecule has 0 unspecified atom stereocenters. The van der Waals surface area contributed by atoms with Gasteiger partial charge < -0.3 is 18.8 Å². The van der Waals surface area contributed by atoms with Crippen LogP contribution in [-0.2, 0) is 16.8 Å². The van der Waals surface area contributed by atoms with Gasteiger partial charge in [-0.3, -0.25) is 4.79 Å². The van der Waals surface area contributed by atoms with E-state index in [-0.39, 0.29) is 34.1 Å². The maximum absolute atomic E-state index is 13.2. The lowest BCUT2D eigenvalue weighted by Gasteiger charge is -2.14. The summed E-state index contributed by atoms with van der Waals surface area (Å²) in [6, 6.07) is 5.59. The average molecular weight is 432 g/mol. The van der Waals surface area contributed by atoms with Crippen LogP contribution in [0.2, 0.25) is 0 Å². The topological polar surface area (TPSA) is 118 Å². The Morgan fingerprint density at radius 2 is 1.97 bits per heavy atom. The fraction of sp³-hybridized carbons (Fsp3) is 0.158. The van der Waals surface area contributed by atoms with Gasteiger partial charge in [0.05, 0.1) is 17.3 Å². The van der Waals surface area contributed by atoms with Crippen molar-refractivity contribution in [2.75, 3.05) is 14.1 Å². The minimum absolute atomic E-state index is 0.00871. The molecule has 0 aliphatic rings. The van der Waals surface area contributed by atoms with Gasteiger partial charge in [0.1, 0.15) is 16.9 Å². The first kappa shape index (κ1) is 19.9. The standard InChI is InChI=1S/C19H17FN4O5S/c1-23(2)30(27,28)29-18-13-10-24(9-11-3-5-12(20)6-4-11)19(26)14(13)17(25)15-16(18)22-8-7-21-15/h3-8,10,22,25H,9H2,1-2H3. The average Bonchev–Trinajstić information content (AvgIpc) is 3.03. The number of H-pyrrole nitrogens is 1. The molecule has 4 rings (SSSR count). The zero-order valence-corrected chi connectivity index (χ0v) is 16.8. The number of nitrogens with zero attached hydrogens (tertiary/aromatic N) is 3. The first-order valence-corrected chi connectivity index (χ1v) is 10.1. The number of halogens is 1. The number of aromatic hydroxyl groups is 1. The fourth-order valence-corrected chi connectivity index (χ4v) is 3.61. The summed E-state index contributed by atoms with van der Waals surface area (Å²) in [5.74, 6) is -0.960. The van der Waals surface area contributed by atoms with Crippen LogP contribution < -0.4 is 9.74 Å². The highest BCUT2D eigenvalue weighted by atomic mass is 32.2. The van der Waals surface area contributed by atoms with Gasteiger partial charge in [0, 0.05) is 32.7 Å². The number of benzene rings is 2. The molecule has 2 aromatic heterocycles. The molecule has 4 aromatic rings. The van der Waals surface area contributed by atoms with Gasteiger partial charge in [-0.15, -0.1) is 0 Å². The normalized spacial score (nSPS) is 12.1. The van der Waals surface area contributed by atoms with Crippen molar-refractivity contribution >= 4 is 32.1 Å². The van der Waals surface area contributed by atoms with Gasteiger partial charge in [-0.25, -0.2) is 9.37 Å². The van der Waals surface area contributed by atoms with Gasteiger partial charge in [-0.1, -0.05) is 12.1 Å². The lowest BCUT2D eigenvalue weighted by molar-refractivity contribution is 0.424. The molecule has 0 amide bonds. The number of phenols is 1. The highest BCUT2D eigenvalue weighted by molar-refractivity contribution is 7.84. The van der Waals surface area contributed by atoms with Crippen LogP contribution in [-0.4, -0.2) is 46.5 Å². The third kappa shape index (κ3) is 3.27. The van der Waals surface area contributed by atoms with Gasteiger partial charge in [0.25, 0.3) is 5.56 Å². The van der Waals surface area contributed by atoms with Crippen LogP contribution in [0.5, 0.6) is 11.5 Å². The molecular weight excluding hydrogens is 415 g/mol. The summed E-state index contributed by atoms with van der Waals surface area (Å²) >= 11 is 0. The van der Waals surface area contributed by atoms with E-state index in [0.29, 0.717) is 5.56 Å². The van der Waals surface area contributed by atoms with Crippen LogP contribution in [0.25, 0.3) is 21.8 Å². The van der Waals surface area contributed by atoms with E-state index in [1.165, 1.54) is 61.5 Å². The molecule has 9 nitrogen and oxygen atoms in total. The van der Waals surface area contributed by atoms with Gasteiger partial charge in [-0.05, 0) is 17.7 Å². The van der Waals surface area contributed by atoms with Crippen molar-refractivity contribution in [1.82, 2.24) is 18.8 Å². The van der Waals surface area contributed by atoms with Crippen molar-refractivity contribution in [1.29, 1.82) is 0 Å². The monoisotopic (exact) mass is 432 g/mol. The molecule has 0 saturated carbocycles. The number of phenolic OH excluding ortho intramolecular Hbond substituents is 1. The molecule has 2 N–H and O–H groups in total. The predicted octanol–water partition coefficient (Wildman–Crippen LogP) is 1.96. The van der Waals surface area contributed by atoms with Gasteiger partial charge in [0.15, 0.2) is 11.5 Å². The molecule has 0 spiro atoms. The van der Waals surface area contributed by atoms with E-state index in [9.17, 15) is 22.7 Å². The van der Waals surface area contributed by atoms with Crippen LogP contribution >= 0.6 is 0 Å². The van der Waals surface area contributed by atoms with Crippen LogP contribution in [0.15, 0.2) is 47.7 Å². The summed E-state index contributed by atoms with van der Waals surface area (Å²) in [5.41, 5.74) is 0.190. The number of aromatic amines is 1. The van der Waals surface area contributed by atoms with Crippen molar-refractivity contribution < 1.29 is 22.1 Å². The van der Waals surface area contributed by atoms with Crippen molar-refractivity contribution in [2.24, 2.45) is 0 Å². The smallest absolute Gasteiger partial charge is 0.384 e. The summed E-state index contributed by atoms with van der Waals surface area (Å²) in [7, 11) is -1.56. The van der Waals surface area contributed by atoms with Crippen LogP contribution in [0.3, 0.4) is 0 Å². The Kier molecular flexibility index (Phi) is 4.71. The molecular formula is C19H17FN4O5S. The number of rotatable bonds is 5. The molecule has 0 atom stereocenters. The number of nitrogens with one attached hydrogen (secondary N) is 1. The number of hydrogen-bond acceptors (Lipinski definition) is 6. The molecule has 2 aromatic carbocycles. The van der Waals surface area contributed by atoms with Gasteiger partial charge >= 0.3 is 10.3 Å². The van der Waals surface area contributed by atoms with E-state index >= 15 is 0 Å².